The van der Waals surface area contributed by atoms with Gasteiger partial charge >= 0.3 is 0 Å². The smallest absolute Gasteiger partial charge is 0.253 e. The van der Waals surface area contributed by atoms with Gasteiger partial charge < -0.3 is 14.5 Å². The second-order valence-electron chi connectivity index (χ2n) is 8.42. The molecule has 4 rings (SSSR count). The van der Waals surface area contributed by atoms with Crippen LogP contribution < -0.4 is 0 Å². The summed E-state index contributed by atoms with van der Waals surface area (Å²) in [6.45, 7) is 5.64. The van der Waals surface area contributed by atoms with Gasteiger partial charge in [0.25, 0.3) is 5.91 Å². The van der Waals surface area contributed by atoms with Crippen LogP contribution in [0.1, 0.15) is 41.0 Å². The van der Waals surface area contributed by atoms with Crippen molar-refractivity contribution < 1.29 is 14.3 Å². The van der Waals surface area contributed by atoms with Gasteiger partial charge in [0.1, 0.15) is 0 Å². The number of hydrogen-bond donors (Lipinski definition) is 0. The quantitative estimate of drug-likeness (QED) is 0.779. The number of fused-ring (bicyclic) bond motifs is 1. The second-order valence-corrected chi connectivity index (χ2v) is 8.42. The summed E-state index contributed by atoms with van der Waals surface area (Å²) in [5, 5.41) is 0. The van der Waals surface area contributed by atoms with Gasteiger partial charge in [-0.1, -0.05) is 0 Å². The Morgan fingerprint density at radius 2 is 1.79 bits per heavy atom. The van der Waals surface area contributed by atoms with Crippen molar-refractivity contribution in [1.29, 1.82) is 0 Å². The maximum Gasteiger partial charge on any atom is 0.253 e. The van der Waals surface area contributed by atoms with Gasteiger partial charge in [-0.2, -0.15) is 0 Å². The highest BCUT2D eigenvalue weighted by molar-refractivity contribution is 5.97. The molecule has 0 aliphatic carbocycles. The number of carbonyl (C=O) groups excluding carboxylic acids is 2. The van der Waals surface area contributed by atoms with Crippen molar-refractivity contribution in [3.63, 3.8) is 0 Å². The van der Waals surface area contributed by atoms with Gasteiger partial charge in [-0.05, 0) is 51.3 Å². The largest absolute Gasteiger partial charge is 0.380 e. The van der Waals surface area contributed by atoms with Crippen molar-refractivity contribution in [2.24, 2.45) is 5.41 Å². The normalized spacial score (nSPS) is 21.8. The Bertz CT molecular complexity index is 966. The third kappa shape index (κ3) is 3.48. The van der Waals surface area contributed by atoms with Crippen molar-refractivity contribution in [3.05, 3.63) is 35.2 Å². The van der Waals surface area contributed by atoms with Crippen molar-refractivity contribution in [1.82, 2.24) is 19.8 Å². The standard InChI is InChI=1S/C22H28N4O3/c1-14-15(2)24-19-11-16(5-6-18(19)23-14)20(27)26-9-7-22(8-10-26)12-17(29-4)13-25(3)21(22)28/h5-6,11,17H,7-10,12-13H2,1-4H3. The zero-order valence-corrected chi connectivity index (χ0v) is 17.6. The Morgan fingerprint density at radius 3 is 2.45 bits per heavy atom. The van der Waals surface area contributed by atoms with E-state index < -0.39 is 5.41 Å². The molecule has 1 unspecified atom stereocenters. The minimum atomic E-state index is -0.409. The number of likely N-dealkylation sites (tertiary alicyclic amines) is 2. The number of carbonyl (C=O) groups is 2. The highest BCUT2D eigenvalue weighted by atomic mass is 16.5. The number of piperidine rings is 2. The number of hydrogen-bond acceptors (Lipinski definition) is 5. The predicted molar refractivity (Wildman–Crippen MR) is 110 cm³/mol. The van der Waals surface area contributed by atoms with Crippen LogP contribution in [0.3, 0.4) is 0 Å². The fourth-order valence-corrected chi connectivity index (χ4v) is 4.64. The molecule has 1 aromatic carbocycles. The molecule has 2 amide bonds. The van der Waals surface area contributed by atoms with Gasteiger partial charge in [0, 0.05) is 39.4 Å². The predicted octanol–water partition coefficient (Wildman–Crippen LogP) is 2.35. The lowest BCUT2D eigenvalue weighted by Crippen LogP contribution is -2.57. The number of ether oxygens (including phenoxy) is 1. The zero-order chi connectivity index (χ0) is 20.8. The van der Waals surface area contributed by atoms with Gasteiger partial charge in [-0.3, -0.25) is 9.59 Å². The molecule has 2 fully saturated rings. The van der Waals surface area contributed by atoms with Crippen molar-refractivity contribution in [2.75, 3.05) is 33.8 Å². The Balaban J connectivity index is 1.51. The number of likely N-dealkylation sites (N-methyl/N-ethyl adjacent to an activating group) is 1. The van der Waals surface area contributed by atoms with E-state index in [1.54, 1.807) is 12.0 Å². The molecule has 1 aromatic heterocycles. The van der Waals surface area contributed by atoms with Crippen molar-refractivity contribution >= 4 is 22.8 Å². The average Bonchev–Trinajstić information content (AvgIpc) is 2.72. The summed E-state index contributed by atoms with van der Waals surface area (Å²) in [5.41, 5.74) is 3.51. The first-order valence-corrected chi connectivity index (χ1v) is 10.2. The molecule has 0 saturated carbocycles. The minimum absolute atomic E-state index is 0.0123. The number of nitrogens with zero attached hydrogens (tertiary/aromatic N) is 4. The van der Waals surface area contributed by atoms with Crippen molar-refractivity contribution in [2.45, 2.75) is 39.2 Å². The summed E-state index contributed by atoms with van der Waals surface area (Å²) in [7, 11) is 3.54. The maximum absolute atomic E-state index is 13.1. The molecule has 154 valence electrons. The van der Waals surface area contributed by atoms with E-state index in [4.69, 9.17) is 4.74 Å². The number of methoxy groups -OCH3 is 1. The lowest BCUT2D eigenvalue weighted by atomic mass is 9.71. The third-order valence-corrected chi connectivity index (χ3v) is 6.56. The number of rotatable bonds is 2. The number of aryl methyl sites for hydroxylation is 2. The molecule has 2 saturated heterocycles. The Labute approximate surface area is 171 Å². The first-order chi connectivity index (χ1) is 13.8. The average molecular weight is 396 g/mol. The molecular formula is C22H28N4O3. The monoisotopic (exact) mass is 396 g/mol. The Hall–Kier alpha value is -2.54. The van der Waals surface area contributed by atoms with Crippen LogP contribution in [-0.2, 0) is 9.53 Å². The molecule has 0 N–H and O–H groups in total. The SMILES string of the molecule is COC1CN(C)C(=O)C2(CCN(C(=O)c3ccc4nc(C)c(C)nc4c3)CC2)C1. The van der Waals surface area contributed by atoms with Crippen LogP contribution in [0, 0.1) is 19.3 Å². The number of benzene rings is 1. The Morgan fingerprint density at radius 1 is 1.14 bits per heavy atom. The van der Waals surface area contributed by atoms with Crippen LogP contribution in [0.25, 0.3) is 11.0 Å². The summed E-state index contributed by atoms with van der Waals surface area (Å²) < 4.78 is 5.55. The molecule has 7 nitrogen and oxygen atoms in total. The van der Waals surface area contributed by atoms with Crippen LogP contribution in [0.15, 0.2) is 18.2 Å². The maximum atomic E-state index is 13.1. The lowest BCUT2D eigenvalue weighted by molar-refractivity contribution is -0.155. The first kappa shape index (κ1) is 19.8. The molecule has 2 aliphatic rings. The highest BCUT2D eigenvalue weighted by Crippen LogP contribution is 2.41. The molecule has 1 spiro atoms. The van der Waals surface area contributed by atoms with Crippen LogP contribution in [-0.4, -0.2) is 71.5 Å². The summed E-state index contributed by atoms with van der Waals surface area (Å²) in [6.07, 6.45) is 2.14. The topological polar surface area (TPSA) is 75.6 Å². The van der Waals surface area contributed by atoms with Gasteiger partial charge in [0.05, 0.1) is 33.9 Å². The molecule has 1 atom stereocenters. The highest BCUT2D eigenvalue weighted by Gasteiger charge is 2.48. The first-order valence-electron chi connectivity index (χ1n) is 10.2. The molecule has 0 radical (unpaired) electrons. The van der Waals surface area contributed by atoms with Crippen LogP contribution in [0.4, 0.5) is 0 Å². The van der Waals surface area contributed by atoms with Gasteiger partial charge in [0.15, 0.2) is 0 Å². The minimum Gasteiger partial charge on any atom is -0.380 e. The summed E-state index contributed by atoms with van der Waals surface area (Å²) >= 11 is 0. The van der Waals surface area contributed by atoms with Crippen LogP contribution >= 0.6 is 0 Å². The van der Waals surface area contributed by atoms with E-state index in [0.717, 1.165) is 28.8 Å². The summed E-state index contributed by atoms with van der Waals surface area (Å²) in [4.78, 5) is 38.7. The summed E-state index contributed by atoms with van der Waals surface area (Å²) in [5.74, 6) is 0.173. The van der Waals surface area contributed by atoms with E-state index >= 15 is 0 Å². The fraction of sp³-hybridized carbons (Fsp3) is 0.545. The van der Waals surface area contributed by atoms with E-state index in [1.807, 2.05) is 44.0 Å². The van der Waals surface area contributed by atoms with Gasteiger partial charge in [-0.25, -0.2) is 9.97 Å². The lowest BCUT2D eigenvalue weighted by Gasteiger charge is -2.47. The molecule has 7 heteroatoms. The van der Waals surface area contributed by atoms with E-state index in [1.165, 1.54) is 0 Å². The zero-order valence-electron chi connectivity index (χ0n) is 17.6. The van der Waals surface area contributed by atoms with Gasteiger partial charge in [0.2, 0.25) is 5.91 Å². The molecular weight excluding hydrogens is 368 g/mol. The molecule has 3 heterocycles. The molecule has 0 bridgehead atoms. The van der Waals surface area contributed by atoms with Crippen LogP contribution in [0.2, 0.25) is 0 Å². The molecule has 29 heavy (non-hydrogen) atoms. The van der Waals surface area contributed by atoms with E-state index in [-0.39, 0.29) is 17.9 Å². The summed E-state index contributed by atoms with van der Waals surface area (Å²) in [6, 6.07) is 5.50. The van der Waals surface area contributed by atoms with Gasteiger partial charge in [-0.15, -0.1) is 0 Å². The molecule has 2 aromatic rings. The van der Waals surface area contributed by atoms with E-state index in [2.05, 4.69) is 9.97 Å². The van der Waals surface area contributed by atoms with E-state index in [0.29, 0.717) is 38.0 Å². The van der Waals surface area contributed by atoms with Crippen LogP contribution in [0.5, 0.6) is 0 Å². The Kier molecular flexibility index (Phi) is 5.02. The second kappa shape index (κ2) is 7.37. The number of amides is 2. The van der Waals surface area contributed by atoms with Crippen molar-refractivity contribution in [3.8, 4) is 0 Å². The fourth-order valence-electron chi connectivity index (χ4n) is 4.64. The molecule has 2 aliphatic heterocycles. The third-order valence-electron chi connectivity index (χ3n) is 6.56. The number of aromatic nitrogens is 2. The van der Waals surface area contributed by atoms with E-state index in [9.17, 15) is 9.59 Å².